The molecule has 5 heteroatoms. The molecule has 1 unspecified atom stereocenters. The van der Waals surface area contributed by atoms with Crippen LogP contribution < -0.4 is 0 Å². The molecule has 1 fully saturated rings. The maximum Gasteiger partial charge on any atom is 0.305 e. The zero-order valence-corrected chi connectivity index (χ0v) is 17.1. The Balaban J connectivity index is 2.38. The molecule has 0 heterocycles. The monoisotopic (exact) mass is 382 g/mol. The number of rotatable bonds is 13. The van der Waals surface area contributed by atoms with Crippen LogP contribution in [-0.2, 0) is 19.1 Å². The van der Waals surface area contributed by atoms with Crippen molar-refractivity contribution in [3.63, 3.8) is 0 Å². The van der Waals surface area contributed by atoms with E-state index >= 15 is 0 Å². The number of methoxy groups -OCH3 is 1. The Bertz CT molecular complexity index is 486. The van der Waals surface area contributed by atoms with Gasteiger partial charge in [0.15, 0.2) is 0 Å². The Morgan fingerprint density at radius 1 is 1.15 bits per heavy atom. The number of hydrogen-bond acceptors (Lipinski definition) is 5. The lowest BCUT2D eigenvalue weighted by Gasteiger charge is -2.20. The minimum Gasteiger partial charge on any atom is -0.469 e. The van der Waals surface area contributed by atoms with Gasteiger partial charge in [-0.1, -0.05) is 31.9 Å². The highest BCUT2D eigenvalue weighted by Gasteiger charge is 2.39. The Morgan fingerprint density at radius 3 is 2.62 bits per heavy atom. The van der Waals surface area contributed by atoms with Crippen LogP contribution in [-0.4, -0.2) is 29.9 Å². The maximum absolute atomic E-state index is 12.3. The van der Waals surface area contributed by atoms with E-state index in [1.165, 1.54) is 7.11 Å². The topological polar surface area (TPSA) is 60.4 Å². The van der Waals surface area contributed by atoms with E-state index in [1.54, 1.807) is 0 Å². The van der Waals surface area contributed by atoms with Crippen LogP contribution in [0.3, 0.4) is 0 Å². The van der Waals surface area contributed by atoms with Crippen molar-refractivity contribution in [2.45, 2.75) is 82.8 Å². The Hall–Kier alpha value is -1.10. The normalized spacial score (nSPS) is 22.9. The zero-order chi connectivity index (χ0) is 19.4. The Labute approximate surface area is 163 Å². The van der Waals surface area contributed by atoms with E-state index < -0.39 is 0 Å². The second kappa shape index (κ2) is 13.1. The molecule has 0 aromatic rings. The molecule has 1 aliphatic carbocycles. The van der Waals surface area contributed by atoms with Crippen LogP contribution in [0.1, 0.15) is 77.6 Å². The van der Waals surface area contributed by atoms with Gasteiger partial charge >= 0.3 is 5.97 Å². The van der Waals surface area contributed by atoms with Gasteiger partial charge in [-0.25, -0.2) is 0 Å². The third-order valence-corrected chi connectivity index (χ3v) is 5.75. The summed E-state index contributed by atoms with van der Waals surface area (Å²) in [5.41, 5.74) is 0. The van der Waals surface area contributed by atoms with Gasteiger partial charge in [-0.05, 0) is 38.0 Å². The molecule has 0 amide bonds. The van der Waals surface area contributed by atoms with Crippen LogP contribution >= 0.6 is 12.6 Å². The first-order chi connectivity index (χ1) is 12.5. The molecule has 148 valence electrons. The van der Waals surface area contributed by atoms with Gasteiger partial charge in [0.05, 0.1) is 7.11 Å². The number of thiol groups is 1. The highest BCUT2D eigenvalue weighted by Crippen LogP contribution is 2.38. The number of esters is 1. The van der Waals surface area contributed by atoms with E-state index in [0.29, 0.717) is 37.9 Å². The average molecular weight is 383 g/mol. The van der Waals surface area contributed by atoms with Gasteiger partial charge in [0.1, 0.15) is 11.6 Å². The molecule has 1 aliphatic rings. The predicted molar refractivity (Wildman–Crippen MR) is 107 cm³/mol. The summed E-state index contributed by atoms with van der Waals surface area (Å²) >= 11 is 4.60. The van der Waals surface area contributed by atoms with E-state index in [9.17, 15) is 14.4 Å². The van der Waals surface area contributed by atoms with Gasteiger partial charge in [-0.15, -0.1) is 0 Å². The molecule has 0 aromatic heterocycles. The number of allylic oxidation sites excluding steroid dienone is 2. The van der Waals surface area contributed by atoms with E-state index in [0.717, 1.165) is 38.5 Å². The molecule has 0 bridgehead atoms. The van der Waals surface area contributed by atoms with Crippen LogP contribution in [0.4, 0.5) is 0 Å². The van der Waals surface area contributed by atoms with Gasteiger partial charge in [0.25, 0.3) is 0 Å². The standard InChI is InChI=1S/C21H34O4S/c1-3-4-7-10-16(22)13-14-18-17(19(23)15-20(18)26)11-8-5-6-9-12-21(24)25-2/h5,8,17-18,20,26H,3-4,6-7,9-15H2,1-2H3/b8-5-/t17-,18?,20-/m1/s1. The summed E-state index contributed by atoms with van der Waals surface area (Å²) in [6.07, 6.45) is 12.5. The third kappa shape index (κ3) is 8.52. The minimum atomic E-state index is -0.189. The molecule has 3 atom stereocenters. The number of ketones is 2. The first-order valence-corrected chi connectivity index (χ1v) is 10.5. The van der Waals surface area contributed by atoms with Crippen molar-refractivity contribution in [2.75, 3.05) is 7.11 Å². The molecule has 0 radical (unpaired) electrons. The second-order valence-electron chi connectivity index (χ2n) is 7.22. The second-order valence-corrected chi connectivity index (χ2v) is 7.88. The number of unbranched alkanes of at least 4 members (excludes halogenated alkanes) is 3. The summed E-state index contributed by atoms with van der Waals surface area (Å²) in [6.45, 7) is 2.13. The van der Waals surface area contributed by atoms with E-state index in [-0.39, 0.29) is 28.8 Å². The summed E-state index contributed by atoms with van der Waals surface area (Å²) in [5, 5.41) is 0.0728. The lowest BCUT2D eigenvalue weighted by molar-refractivity contribution is -0.140. The number of carbonyl (C=O) groups excluding carboxylic acids is 3. The number of ether oxygens (including phenoxy) is 1. The largest absolute Gasteiger partial charge is 0.469 e. The van der Waals surface area contributed by atoms with Crippen LogP contribution in [0.2, 0.25) is 0 Å². The highest BCUT2D eigenvalue weighted by atomic mass is 32.1. The fraction of sp³-hybridized carbons (Fsp3) is 0.762. The highest BCUT2D eigenvalue weighted by molar-refractivity contribution is 7.81. The molecule has 0 N–H and O–H groups in total. The smallest absolute Gasteiger partial charge is 0.305 e. The molecule has 0 spiro atoms. The van der Waals surface area contributed by atoms with Crippen LogP contribution in [0.15, 0.2) is 12.2 Å². The van der Waals surface area contributed by atoms with E-state index in [4.69, 9.17) is 0 Å². The fourth-order valence-corrected chi connectivity index (χ4v) is 4.10. The summed E-state index contributed by atoms with van der Waals surface area (Å²) in [5.74, 6) is 0.576. The van der Waals surface area contributed by atoms with Crippen molar-refractivity contribution < 1.29 is 19.1 Å². The van der Waals surface area contributed by atoms with Crippen LogP contribution in [0, 0.1) is 11.8 Å². The molecule has 0 saturated heterocycles. The molecule has 1 saturated carbocycles. The maximum atomic E-state index is 12.3. The average Bonchev–Trinajstić information content (AvgIpc) is 2.89. The zero-order valence-electron chi connectivity index (χ0n) is 16.2. The van der Waals surface area contributed by atoms with Crippen molar-refractivity contribution in [3.8, 4) is 0 Å². The SMILES string of the molecule is CCCCCC(=O)CCC1[C@H](S)CC(=O)[C@@H]1C/C=C\CCCC(=O)OC. The van der Waals surface area contributed by atoms with Crippen LogP contribution in [0.5, 0.6) is 0 Å². The van der Waals surface area contributed by atoms with Gasteiger partial charge in [0, 0.05) is 36.9 Å². The number of Topliss-reactive ketones (excluding diaryl/α,β-unsaturated/α-hetero) is 2. The van der Waals surface area contributed by atoms with Crippen molar-refractivity contribution in [1.29, 1.82) is 0 Å². The quantitative estimate of drug-likeness (QED) is 0.217. The summed E-state index contributed by atoms with van der Waals surface area (Å²) in [6, 6.07) is 0. The first-order valence-electron chi connectivity index (χ1n) is 9.93. The van der Waals surface area contributed by atoms with E-state index in [2.05, 4.69) is 24.3 Å². The van der Waals surface area contributed by atoms with Crippen molar-refractivity contribution in [1.82, 2.24) is 0 Å². The third-order valence-electron chi connectivity index (χ3n) is 5.19. The molecule has 0 aliphatic heterocycles. The lowest BCUT2D eigenvalue weighted by atomic mass is 9.87. The van der Waals surface area contributed by atoms with Gasteiger partial charge in [0.2, 0.25) is 0 Å². The number of carbonyl (C=O) groups is 3. The lowest BCUT2D eigenvalue weighted by Crippen LogP contribution is -2.19. The molecule has 1 rings (SSSR count). The first kappa shape index (κ1) is 22.9. The van der Waals surface area contributed by atoms with Gasteiger partial charge in [-0.2, -0.15) is 12.6 Å². The summed E-state index contributed by atoms with van der Waals surface area (Å²) < 4.78 is 4.61. The Morgan fingerprint density at radius 2 is 1.92 bits per heavy atom. The fourth-order valence-electron chi connectivity index (χ4n) is 3.57. The van der Waals surface area contributed by atoms with Crippen molar-refractivity contribution in [2.24, 2.45) is 11.8 Å². The molecule has 4 nitrogen and oxygen atoms in total. The Kier molecular flexibility index (Phi) is 11.6. The van der Waals surface area contributed by atoms with E-state index in [1.807, 2.05) is 12.2 Å². The van der Waals surface area contributed by atoms with Crippen molar-refractivity contribution >= 4 is 30.2 Å². The summed E-state index contributed by atoms with van der Waals surface area (Å²) in [7, 11) is 1.40. The minimum absolute atomic E-state index is 0.0159. The molecular formula is C21H34O4S. The van der Waals surface area contributed by atoms with Gasteiger partial charge in [-0.3, -0.25) is 14.4 Å². The predicted octanol–water partition coefficient (Wildman–Crippen LogP) is 4.71. The van der Waals surface area contributed by atoms with Gasteiger partial charge < -0.3 is 4.74 Å². The van der Waals surface area contributed by atoms with Crippen molar-refractivity contribution in [3.05, 3.63) is 12.2 Å². The summed E-state index contributed by atoms with van der Waals surface area (Å²) in [4.78, 5) is 35.3. The van der Waals surface area contributed by atoms with Crippen LogP contribution in [0.25, 0.3) is 0 Å². The molecular weight excluding hydrogens is 348 g/mol. The molecule has 26 heavy (non-hydrogen) atoms. The molecule has 0 aromatic carbocycles. The number of hydrogen-bond donors (Lipinski definition) is 1.